The van der Waals surface area contributed by atoms with Gasteiger partial charge in [-0.1, -0.05) is 17.4 Å². The number of benzene rings is 1. The van der Waals surface area contributed by atoms with Crippen molar-refractivity contribution in [3.05, 3.63) is 68.9 Å². The van der Waals surface area contributed by atoms with Crippen LogP contribution in [-0.2, 0) is 11.3 Å². The minimum absolute atomic E-state index is 0.0228. The number of ether oxygens (including phenoxy) is 1. The number of thiazole rings is 1. The van der Waals surface area contributed by atoms with Crippen LogP contribution < -0.4 is 14.9 Å². The summed E-state index contributed by atoms with van der Waals surface area (Å²) in [6, 6.07) is 11.3. The minimum atomic E-state index is -0.198. The number of nitrogens with zero attached hydrogens (tertiary/aromatic N) is 2. The van der Waals surface area contributed by atoms with E-state index in [2.05, 4.69) is 16.4 Å². The minimum Gasteiger partial charge on any atom is -0.497 e. The third-order valence-electron chi connectivity index (χ3n) is 7.41. The fourth-order valence-electron chi connectivity index (χ4n) is 6.04. The molecule has 0 spiro atoms. The van der Waals surface area contributed by atoms with Crippen molar-refractivity contribution in [3.8, 4) is 5.75 Å². The molecule has 1 aliphatic heterocycles. The van der Waals surface area contributed by atoms with Crippen LogP contribution in [0, 0.1) is 17.8 Å². The molecule has 6 nitrogen and oxygen atoms in total. The molecular formula is C25H25N3O3S2. The Morgan fingerprint density at radius 1 is 1.21 bits per heavy atom. The molecule has 2 aliphatic carbocycles. The van der Waals surface area contributed by atoms with E-state index in [1.165, 1.54) is 36.2 Å². The van der Waals surface area contributed by atoms with Gasteiger partial charge in [0.05, 0.1) is 12.1 Å². The zero-order valence-corrected chi connectivity index (χ0v) is 19.9. The predicted octanol–water partition coefficient (Wildman–Crippen LogP) is 4.60. The number of nitrogens with one attached hydrogen (secondary N) is 1. The van der Waals surface area contributed by atoms with Gasteiger partial charge in [0, 0.05) is 34.1 Å². The van der Waals surface area contributed by atoms with Gasteiger partial charge in [0.15, 0.2) is 0 Å². The molecule has 1 N–H and O–H groups in total. The summed E-state index contributed by atoms with van der Waals surface area (Å²) in [5.41, 5.74) is 1.88. The summed E-state index contributed by atoms with van der Waals surface area (Å²) in [4.78, 5) is 31.4. The molecule has 33 heavy (non-hydrogen) atoms. The van der Waals surface area contributed by atoms with Gasteiger partial charge in [-0.3, -0.25) is 19.1 Å². The Balaban J connectivity index is 1.33. The van der Waals surface area contributed by atoms with Crippen LogP contribution in [-0.4, -0.2) is 27.8 Å². The maximum Gasteiger partial charge on any atom is 0.308 e. The van der Waals surface area contributed by atoms with E-state index in [1.54, 1.807) is 42.1 Å². The van der Waals surface area contributed by atoms with Gasteiger partial charge in [0.2, 0.25) is 5.91 Å². The Bertz CT molecular complexity index is 1240. The molecule has 1 amide bonds. The van der Waals surface area contributed by atoms with Gasteiger partial charge in [0.1, 0.15) is 12.3 Å². The van der Waals surface area contributed by atoms with Gasteiger partial charge in [-0.15, -0.1) is 11.8 Å². The number of thioether (sulfide) groups is 1. The summed E-state index contributed by atoms with van der Waals surface area (Å²) < 4.78 is 6.86. The third kappa shape index (κ3) is 3.60. The van der Waals surface area contributed by atoms with Gasteiger partial charge >= 0.3 is 4.87 Å². The molecule has 3 aromatic rings. The highest BCUT2D eigenvalue weighted by Crippen LogP contribution is 2.63. The molecule has 8 heteroatoms. The Hall–Kier alpha value is -2.58. The molecular weight excluding hydrogens is 454 g/mol. The zero-order valence-electron chi connectivity index (χ0n) is 18.3. The topological polar surface area (TPSA) is 73.2 Å². The second-order valence-corrected chi connectivity index (χ2v) is 11.3. The molecule has 3 aliphatic rings. The number of carbonyl (C=O) groups excluding carboxylic acids is 1. The summed E-state index contributed by atoms with van der Waals surface area (Å²) in [7, 11) is 1.61. The van der Waals surface area contributed by atoms with Gasteiger partial charge in [-0.2, -0.15) is 0 Å². The standard InChI is InChI=1S/C25H25N3O3S2/c1-31-18-8-6-17(7-9-18)27-19(29)13-28-24-23(33-25(28)30)21(16-3-2-10-26-12-16)20-14-4-5-15(11-14)22(20)32-24/h2-3,6-10,12,14-15,20-22H,4-5,11,13H2,1H3,(H,27,29)/t14?,15?,20?,21-,22?/m1/s1. The number of aromatic nitrogens is 2. The van der Waals surface area contributed by atoms with E-state index in [0.29, 0.717) is 22.8 Å². The maximum absolute atomic E-state index is 13.1. The lowest BCUT2D eigenvalue weighted by molar-refractivity contribution is -0.116. The van der Waals surface area contributed by atoms with Crippen molar-refractivity contribution in [1.82, 2.24) is 9.55 Å². The van der Waals surface area contributed by atoms with Crippen LogP contribution in [0.3, 0.4) is 0 Å². The first-order valence-electron chi connectivity index (χ1n) is 11.4. The van der Waals surface area contributed by atoms with Crippen LogP contribution in [0.15, 0.2) is 58.6 Å². The smallest absolute Gasteiger partial charge is 0.308 e. The van der Waals surface area contributed by atoms with E-state index in [-0.39, 0.29) is 23.2 Å². The lowest BCUT2D eigenvalue weighted by Crippen LogP contribution is -2.34. The first kappa shape index (κ1) is 21.0. The second-order valence-electron chi connectivity index (χ2n) is 9.16. The molecule has 5 atom stereocenters. The number of methoxy groups -OCH3 is 1. The van der Waals surface area contributed by atoms with Crippen LogP contribution in [0.4, 0.5) is 5.69 Å². The normalized spacial score (nSPS) is 27.1. The highest BCUT2D eigenvalue weighted by atomic mass is 32.2. The van der Waals surface area contributed by atoms with Crippen LogP contribution in [0.25, 0.3) is 0 Å². The predicted molar refractivity (Wildman–Crippen MR) is 130 cm³/mol. The highest BCUT2D eigenvalue weighted by Gasteiger charge is 2.55. The van der Waals surface area contributed by atoms with Gasteiger partial charge in [0.25, 0.3) is 0 Å². The number of fused-ring (bicyclic) bond motifs is 6. The third-order valence-corrected chi connectivity index (χ3v) is 10.2. The molecule has 1 aromatic carbocycles. The fraction of sp³-hybridized carbons (Fsp3) is 0.400. The SMILES string of the molecule is COc1ccc(NC(=O)Cn2c3c(sc2=O)[C@H](c2cccnc2)C2C4CCC(C4)C2S3)cc1. The van der Waals surface area contributed by atoms with Crippen molar-refractivity contribution in [1.29, 1.82) is 0 Å². The molecule has 2 fully saturated rings. The molecule has 170 valence electrons. The number of anilines is 1. The Morgan fingerprint density at radius 3 is 2.79 bits per heavy atom. The number of pyridine rings is 1. The monoisotopic (exact) mass is 479 g/mol. The molecule has 6 rings (SSSR count). The van der Waals surface area contributed by atoms with E-state index in [1.807, 2.05) is 24.0 Å². The number of amides is 1. The second kappa shape index (κ2) is 8.33. The molecule has 2 aromatic heterocycles. The van der Waals surface area contributed by atoms with Gasteiger partial charge < -0.3 is 10.1 Å². The first-order chi connectivity index (χ1) is 16.1. The lowest BCUT2D eigenvalue weighted by atomic mass is 9.75. The molecule has 2 bridgehead atoms. The van der Waals surface area contributed by atoms with Crippen molar-refractivity contribution in [2.24, 2.45) is 17.8 Å². The first-order valence-corrected chi connectivity index (χ1v) is 13.1. The number of hydrogen-bond donors (Lipinski definition) is 1. The van der Waals surface area contributed by atoms with E-state index in [0.717, 1.165) is 21.6 Å². The van der Waals surface area contributed by atoms with E-state index >= 15 is 0 Å². The lowest BCUT2D eigenvalue weighted by Gasteiger charge is -2.40. The van der Waals surface area contributed by atoms with E-state index in [4.69, 9.17) is 4.74 Å². The Kier molecular flexibility index (Phi) is 5.30. The number of hydrogen-bond acceptors (Lipinski definition) is 6. The van der Waals surface area contributed by atoms with Gasteiger partial charge in [-0.05, 0) is 72.9 Å². The molecule has 2 saturated carbocycles. The summed E-state index contributed by atoms with van der Waals surface area (Å²) in [6.45, 7) is 0.0228. The van der Waals surface area contributed by atoms with Crippen molar-refractivity contribution in [3.63, 3.8) is 0 Å². The largest absolute Gasteiger partial charge is 0.497 e. The quantitative estimate of drug-likeness (QED) is 0.579. The van der Waals surface area contributed by atoms with Crippen molar-refractivity contribution in [2.75, 3.05) is 12.4 Å². The molecule has 0 saturated heterocycles. The number of rotatable bonds is 5. The fourth-order valence-corrected chi connectivity index (χ4v) is 9.19. The average Bonchev–Trinajstić information content (AvgIpc) is 3.53. The van der Waals surface area contributed by atoms with Gasteiger partial charge in [-0.25, -0.2) is 0 Å². The van der Waals surface area contributed by atoms with Crippen molar-refractivity contribution in [2.45, 2.75) is 42.0 Å². The zero-order chi connectivity index (χ0) is 22.5. The van der Waals surface area contributed by atoms with E-state index < -0.39 is 0 Å². The van der Waals surface area contributed by atoms with Crippen LogP contribution in [0.1, 0.15) is 35.6 Å². The van der Waals surface area contributed by atoms with Crippen molar-refractivity contribution < 1.29 is 9.53 Å². The maximum atomic E-state index is 13.1. The van der Waals surface area contributed by atoms with Crippen LogP contribution in [0.2, 0.25) is 0 Å². The van der Waals surface area contributed by atoms with Crippen molar-refractivity contribution >= 4 is 34.7 Å². The molecule has 4 unspecified atom stereocenters. The highest BCUT2D eigenvalue weighted by molar-refractivity contribution is 8.00. The summed E-state index contributed by atoms with van der Waals surface area (Å²) in [5.74, 6) is 2.69. The summed E-state index contributed by atoms with van der Waals surface area (Å²) in [6.07, 6.45) is 7.62. The van der Waals surface area contributed by atoms with Crippen LogP contribution >= 0.6 is 23.1 Å². The molecule has 3 heterocycles. The summed E-state index contributed by atoms with van der Waals surface area (Å²) in [5, 5.41) is 4.40. The number of carbonyl (C=O) groups is 1. The summed E-state index contributed by atoms with van der Waals surface area (Å²) >= 11 is 3.16. The average molecular weight is 480 g/mol. The van der Waals surface area contributed by atoms with E-state index in [9.17, 15) is 9.59 Å². The van der Waals surface area contributed by atoms with Crippen LogP contribution in [0.5, 0.6) is 5.75 Å². The Morgan fingerprint density at radius 2 is 2.03 bits per heavy atom. The Labute approximate surface area is 200 Å². The molecule has 0 radical (unpaired) electrons.